The molecule has 6 heteroatoms. The van der Waals surface area contributed by atoms with Gasteiger partial charge in [0.15, 0.2) is 6.10 Å². The summed E-state index contributed by atoms with van der Waals surface area (Å²) in [6.07, 6.45) is 88.1. The molecule has 440 valence electrons. The first-order valence-electron chi connectivity index (χ1n) is 32.4. The van der Waals surface area contributed by atoms with E-state index in [1.807, 2.05) is 0 Å². The fourth-order valence-corrected chi connectivity index (χ4v) is 8.99. The number of allylic oxidation sites excluding steroid dienone is 18. The number of carbonyl (C=O) groups excluding carboxylic acids is 3. The molecule has 0 heterocycles. The van der Waals surface area contributed by atoms with Crippen molar-refractivity contribution in [3.05, 3.63) is 109 Å². The topological polar surface area (TPSA) is 78.9 Å². The summed E-state index contributed by atoms with van der Waals surface area (Å²) in [6.45, 7) is 6.43. The normalized spacial score (nSPS) is 12.8. The summed E-state index contributed by atoms with van der Waals surface area (Å²) in [5.41, 5.74) is 0. The molecule has 0 saturated heterocycles. The van der Waals surface area contributed by atoms with Gasteiger partial charge < -0.3 is 14.2 Å². The third-order valence-corrected chi connectivity index (χ3v) is 13.8. The predicted octanol–water partition coefficient (Wildman–Crippen LogP) is 22.2. The van der Waals surface area contributed by atoms with E-state index < -0.39 is 6.10 Å². The lowest BCUT2D eigenvalue weighted by Gasteiger charge is -2.18. The molecule has 0 saturated carbocycles. The maximum atomic E-state index is 12.9. The Bertz CT molecular complexity index is 1560. The lowest BCUT2D eigenvalue weighted by molar-refractivity contribution is -0.167. The monoisotopic (exact) mass is 1070 g/mol. The fourth-order valence-electron chi connectivity index (χ4n) is 8.99. The Hall–Kier alpha value is -3.93. The summed E-state index contributed by atoms with van der Waals surface area (Å²) in [5.74, 6) is -0.886. The van der Waals surface area contributed by atoms with Crippen molar-refractivity contribution in [2.75, 3.05) is 13.2 Å². The van der Waals surface area contributed by atoms with Gasteiger partial charge in [-0.25, -0.2) is 0 Å². The molecule has 1 unspecified atom stereocenters. The highest BCUT2D eigenvalue weighted by atomic mass is 16.6. The zero-order valence-electron chi connectivity index (χ0n) is 50.4. The second-order valence-corrected chi connectivity index (χ2v) is 21.3. The molecule has 0 radical (unpaired) electrons. The van der Waals surface area contributed by atoms with Crippen LogP contribution < -0.4 is 0 Å². The van der Waals surface area contributed by atoms with Crippen LogP contribution in [0.4, 0.5) is 0 Å². The van der Waals surface area contributed by atoms with Crippen LogP contribution in [0.25, 0.3) is 0 Å². The van der Waals surface area contributed by atoms with E-state index in [0.717, 1.165) is 122 Å². The largest absolute Gasteiger partial charge is 0.462 e. The van der Waals surface area contributed by atoms with Gasteiger partial charge >= 0.3 is 17.9 Å². The van der Waals surface area contributed by atoms with Crippen molar-refractivity contribution in [2.45, 2.75) is 309 Å². The Kier molecular flexibility index (Phi) is 61.3. The van der Waals surface area contributed by atoms with Gasteiger partial charge in [0.25, 0.3) is 0 Å². The summed E-state index contributed by atoms with van der Waals surface area (Å²) in [5, 5.41) is 0. The molecule has 0 N–H and O–H groups in total. The second kappa shape index (κ2) is 64.6. The van der Waals surface area contributed by atoms with Crippen molar-refractivity contribution < 1.29 is 28.6 Å². The van der Waals surface area contributed by atoms with Gasteiger partial charge in [0, 0.05) is 19.3 Å². The standard InChI is InChI=1S/C71H120O6/c1-4-7-10-13-16-19-22-25-27-29-30-31-32-33-34-35-36-37-38-39-40-42-43-46-49-52-55-58-61-64-70(73)76-67-68(66-75-69(72)63-60-57-54-51-48-45-24-21-18-15-12-9-6-3)77-71(74)65-62-59-56-53-50-47-44-41-28-26-23-20-17-14-11-8-5-2/h7-8,10-11,16-17,19-20,25-28,30-31,33-34,36-37,68H,4-6,9,12-15,18,21-24,29,32,35,38-67H2,1-3H3/b10-7-,11-8-,19-16-,20-17-,27-25-,28-26-,31-30-,34-33-,37-36-. The van der Waals surface area contributed by atoms with Crippen LogP contribution in [-0.2, 0) is 28.6 Å². The van der Waals surface area contributed by atoms with Crippen LogP contribution in [0.15, 0.2) is 109 Å². The van der Waals surface area contributed by atoms with Gasteiger partial charge in [0.1, 0.15) is 13.2 Å². The molecule has 0 aromatic carbocycles. The number of esters is 3. The van der Waals surface area contributed by atoms with Gasteiger partial charge in [-0.1, -0.05) is 291 Å². The van der Waals surface area contributed by atoms with E-state index in [9.17, 15) is 14.4 Å². The van der Waals surface area contributed by atoms with Crippen molar-refractivity contribution >= 4 is 17.9 Å². The quantitative estimate of drug-likeness (QED) is 0.0261. The summed E-state index contributed by atoms with van der Waals surface area (Å²) in [7, 11) is 0. The zero-order chi connectivity index (χ0) is 55.7. The molecular formula is C71H120O6. The third-order valence-electron chi connectivity index (χ3n) is 13.8. The Morgan fingerprint density at radius 1 is 0.273 bits per heavy atom. The van der Waals surface area contributed by atoms with E-state index in [4.69, 9.17) is 14.2 Å². The van der Waals surface area contributed by atoms with Crippen LogP contribution >= 0.6 is 0 Å². The first kappa shape index (κ1) is 73.1. The van der Waals surface area contributed by atoms with Crippen molar-refractivity contribution in [2.24, 2.45) is 0 Å². The number of unbranched alkanes of at least 4 members (excludes halogenated alkanes) is 29. The van der Waals surface area contributed by atoms with Crippen LogP contribution in [0.3, 0.4) is 0 Å². The lowest BCUT2D eigenvalue weighted by Crippen LogP contribution is -2.30. The fraction of sp³-hybridized carbons (Fsp3) is 0.704. The number of hydrogen-bond acceptors (Lipinski definition) is 6. The van der Waals surface area contributed by atoms with Crippen molar-refractivity contribution in [3.8, 4) is 0 Å². The molecular weight excluding hydrogens is 949 g/mol. The Balaban J connectivity index is 4.29. The average Bonchev–Trinajstić information content (AvgIpc) is 3.43. The maximum Gasteiger partial charge on any atom is 0.306 e. The van der Waals surface area contributed by atoms with Gasteiger partial charge in [0.05, 0.1) is 0 Å². The second-order valence-electron chi connectivity index (χ2n) is 21.3. The minimum atomic E-state index is -0.785. The molecule has 0 aromatic rings. The van der Waals surface area contributed by atoms with E-state index >= 15 is 0 Å². The predicted molar refractivity (Wildman–Crippen MR) is 334 cm³/mol. The molecule has 6 nitrogen and oxygen atoms in total. The van der Waals surface area contributed by atoms with E-state index in [0.29, 0.717) is 19.3 Å². The number of ether oxygens (including phenoxy) is 3. The first-order valence-corrected chi connectivity index (χ1v) is 32.4. The van der Waals surface area contributed by atoms with Crippen molar-refractivity contribution in [1.82, 2.24) is 0 Å². The summed E-state index contributed by atoms with van der Waals surface area (Å²) in [6, 6.07) is 0. The number of carbonyl (C=O) groups is 3. The van der Waals surface area contributed by atoms with E-state index in [1.54, 1.807) is 0 Å². The van der Waals surface area contributed by atoms with Gasteiger partial charge in [-0.3, -0.25) is 14.4 Å². The molecule has 0 spiro atoms. The van der Waals surface area contributed by atoms with Gasteiger partial charge in [-0.05, 0) is 103 Å². The number of hydrogen-bond donors (Lipinski definition) is 0. The smallest absolute Gasteiger partial charge is 0.306 e. The Morgan fingerprint density at radius 2 is 0.506 bits per heavy atom. The van der Waals surface area contributed by atoms with Crippen LogP contribution in [0.1, 0.15) is 303 Å². The van der Waals surface area contributed by atoms with Crippen molar-refractivity contribution in [3.63, 3.8) is 0 Å². The molecule has 0 bridgehead atoms. The SMILES string of the molecule is CC/C=C\C/C=C\C/C=C\C/C=C\C/C=C\C/C=C\CCCCCCCCCCCCC(=O)OCC(COC(=O)CCCCCCCCCCCCCCC)OC(=O)CCCCCCCCC/C=C\C/C=C\C/C=C\CC. The zero-order valence-corrected chi connectivity index (χ0v) is 50.4. The molecule has 77 heavy (non-hydrogen) atoms. The maximum absolute atomic E-state index is 12.9. The molecule has 0 fully saturated rings. The first-order chi connectivity index (χ1) is 38.0. The van der Waals surface area contributed by atoms with Gasteiger partial charge in [-0.2, -0.15) is 0 Å². The summed E-state index contributed by atoms with van der Waals surface area (Å²) >= 11 is 0. The molecule has 0 amide bonds. The van der Waals surface area contributed by atoms with Gasteiger partial charge in [0.2, 0.25) is 0 Å². The highest BCUT2D eigenvalue weighted by molar-refractivity contribution is 5.71. The number of rotatable bonds is 58. The lowest BCUT2D eigenvalue weighted by atomic mass is 10.0. The summed E-state index contributed by atoms with van der Waals surface area (Å²) < 4.78 is 16.9. The van der Waals surface area contributed by atoms with Gasteiger partial charge in [-0.15, -0.1) is 0 Å². The highest BCUT2D eigenvalue weighted by Crippen LogP contribution is 2.16. The molecule has 0 aliphatic carbocycles. The van der Waals surface area contributed by atoms with Crippen LogP contribution in [0.5, 0.6) is 0 Å². The molecule has 0 aliphatic heterocycles. The van der Waals surface area contributed by atoms with E-state index in [1.165, 1.54) is 141 Å². The van der Waals surface area contributed by atoms with E-state index in [2.05, 4.69) is 130 Å². The highest BCUT2D eigenvalue weighted by Gasteiger charge is 2.19. The average molecular weight is 1070 g/mol. The molecule has 0 rings (SSSR count). The molecule has 0 aromatic heterocycles. The van der Waals surface area contributed by atoms with E-state index in [-0.39, 0.29) is 31.1 Å². The Labute approximate surface area is 476 Å². The van der Waals surface area contributed by atoms with Crippen LogP contribution in [0.2, 0.25) is 0 Å². The summed E-state index contributed by atoms with van der Waals surface area (Å²) in [4.78, 5) is 38.3. The molecule has 1 atom stereocenters. The van der Waals surface area contributed by atoms with Crippen molar-refractivity contribution in [1.29, 1.82) is 0 Å². The minimum Gasteiger partial charge on any atom is -0.462 e. The van der Waals surface area contributed by atoms with Crippen LogP contribution in [-0.4, -0.2) is 37.2 Å². The third kappa shape index (κ3) is 62.8. The molecule has 0 aliphatic rings. The van der Waals surface area contributed by atoms with Crippen LogP contribution in [0, 0.1) is 0 Å². The Morgan fingerprint density at radius 3 is 0.792 bits per heavy atom. The minimum absolute atomic E-state index is 0.0810.